The average Bonchev–Trinajstić information content (AvgIpc) is 2.86. The first kappa shape index (κ1) is 9.63. The number of hydrogen-bond acceptors (Lipinski definition) is 4. The van der Waals surface area contributed by atoms with Crippen LogP contribution in [-0.4, -0.2) is 26.7 Å². The molecule has 1 aliphatic carbocycles. The Morgan fingerprint density at radius 2 is 2.53 bits per heavy atom. The van der Waals surface area contributed by atoms with E-state index >= 15 is 0 Å². The summed E-state index contributed by atoms with van der Waals surface area (Å²) < 4.78 is 1.55. The van der Waals surface area contributed by atoms with Gasteiger partial charge < -0.3 is 5.32 Å². The minimum atomic E-state index is -0.707. The Bertz CT molecular complexity index is 414. The van der Waals surface area contributed by atoms with Crippen molar-refractivity contribution in [3.05, 3.63) is 22.5 Å². The maximum atomic E-state index is 11.4. The van der Waals surface area contributed by atoms with Gasteiger partial charge in [0.05, 0.1) is 11.9 Å². The van der Waals surface area contributed by atoms with Crippen molar-refractivity contribution in [3.8, 4) is 0 Å². The van der Waals surface area contributed by atoms with E-state index in [1.807, 2.05) is 0 Å². The van der Waals surface area contributed by atoms with Gasteiger partial charge in [0.15, 0.2) is 0 Å². The second kappa shape index (κ2) is 3.34. The molecule has 2 unspecified atom stereocenters. The van der Waals surface area contributed by atoms with Crippen molar-refractivity contribution in [2.24, 2.45) is 13.0 Å². The van der Waals surface area contributed by atoms with Gasteiger partial charge in [-0.25, -0.2) is 0 Å². The molecule has 1 fully saturated rings. The summed E-state index contributed by atoms with van der Waals surface area (Å²) in [6.07, 6.45) is 3.47. The summed E-state index contributed by atoms with van der Waals surface area (Å²) in [7, 11) is 1.73. The summed E-state index contributed by atoms with van der Waals surface area (Å²) in [6.45, 7) is 0. The average molecular weight is 210 g/mol. The van der Waals surface area contributed by atoms with Gasteiger partial charge in [0.2, 0.25) is 11.9 Å². The zero-order chi connectivity index (χ0) is 11.0. The number of nitrogens with one attached hydrogen (secondary N) is 1. The normalized spacial score (nSPS) is 23.5. The molecule has 7 nitrogen and oxygen atoms in total. The van der Waals surface area contributed by atoms with Crippen molar-refractivity contribution in [3.63, 3.8) is 0 Å². The summed E-state index contributed by atoms with van der Waals surface area (Å²) >= 11 is 0. The van der Waals surface area contributed by atoms with Crippen molar-refractivity contribution >= 4 is 11.6 Å². The van der Waals surface area contributed by atoms with E-state index in [1.54, 1.807) is 17.9 Å². The quantitative estimate of drug-likeness (QED) is 0.562. The Kier molecular flexibility index (Phi) is 2.14. The van der Waals surface area contributed by atoms with E-state index in [0.717, 1.165) is 0 Å². The van der Waals surface area contributed by atoms with E-state index in [1.165, 1.54) is 6.20 Å². The van der Waals surface area contributed by atoms with E-state index < -0.39 is 16.9 Å². The molecule has 0 spiro atoms. The van der Waals surface area contributed by atoms with Gasteiger partial charge in [-0.15, -0.1) is 0 Å². The van der Waals surface area contributed by atoms with Crippen LogP contribution in [0.5, 0.6) is 0 Å². The van der Waals surface area contributed by atoms with E-state index in [2.05, 4.69) is 10.4 Å². The number of carbonyl (C=O) groups is 1. The Morgan fingerprint density at radius 3 is 3.00 bits per heavy atom. The molecule has 1 aromatic rings. The zero-order valence-electron chi connectivity index (χ0n) is 8.08. The molecule has 0 aliphatic heterocycles. The molecule has 1 N–H and O–H groups in total. The molecule has 1 aromatic heterocycles. The number of aromatic nitrogens is 2. The molecule has 1 saturated carbocycles. The molecule has 7 heteroatoms. The summed E-state index contributed by atoms with van der Waals surface area (Å²) in [5.74, 6) is -0.787. The molecule has 2 rings (SSSR count). The summed E-state index contributed by atoms with van der Waals surface area (Å²) in [4.78, 5) is 21.4. The number of hydrogen-bond donors (Lipinski definition) is 1. The largest absolute Gasteiger partial charge is 0.323 e. The van der Waals surface area contributed by atoms with Crippen LogP contribution in [0.4, 0.5) is 5.69 Å². The highest BCUT2D eigenvalue weighted by molar-refractivity contribution is 5.94. The van der Waals surface area contributed by atoms with Crippen LogP contribution in [0, 0.1) is 16.0 Å². The van der Waals surface area contributed by atoms with E-state index in [4.69, 9.17) is 0 Å². The minimum absolute atomic E-state index is 0.301. The fraction of sp³-hybridized carbons (Fsp3) is 0.500. The van der Waals surface area contributed by atoms with Crippen molar-refractivity contribution in [2.75, 3.05) is 5.32 Å². The van der Waals surface area contributed by atoms with Crippen LogP contribution >= 0.6 is 0 Å². The lowest BCUT2D eigenvalue weighted by molar-refractivity contribution is -0.497. The first-order chi connectivity index (χ1) is 7.08. The Labute approximate surface area is 85.2 Å². The standard InChI is InChI=1S/C8H10N4O3/c1-11-4-5(3-9-11)10-8(13)6-2-7(6)12(14)15/h3-4,6-7H,2H2,1H3,(H,10,13). The monoisotopic (exact) mass is 210 g/mol. The minimum Gasteiger partial charge on any atom is -0.323 e. The maximum absolute atomic E-state index is 11.4. The number of aryl methyl sites for hydroxylation is 1. The van der Waals surface area contributed by atoms with Crippen molar-refractivity contribution in [1.82, 2.24) is 9.78 Å². The number of nitro groups is 1. The lowest BCUT2D eigenvalue weighted by Gasteiger charge is -1.98. The molecule has 0 radical (unpaired) electrons. The van der Waals surface area contributed by atoms with Gasteiger partial charge in [-0.1, -0.05) is 0 Å². The third-order valence-corrected chi connectivity index (χ3v) is 2.34. The third kappa shape index (κ3) is 1.95. The highest BCUT2D eigenvalue weighted by atomic mass is 16.6. The first-order valence-corrected chi connectivity index (χ1v) is 4.51. The molecular weight excluding hydrogens is 200 g/mol. The predicted octanol–water partition coefficient (Wildman–Crippen LogP) is 0.0238. The molecule has 0 aromatic carbocycles. The molecule has 1 heterocycles. The van der Waals surface area contributed by atoms with Crippen LogP contribution < -0.4 is 5.32 Å². The van der Waals surface area contributed by atoms with Gasteiger partial charge in [-0.05, 0) is 0 Å². The second-order valence-corrected chi connectivity index (χ2v) is 3.59. The van der Waals surface area contributed by atoms with Gasteiger partial charge in [-0.3, -0.25) is 19.6 Å². The molecule has 0 bridgehead atoms. The highest BCUT2D eigenvalue weighted by Gasteiger charge is 2.53. The second-order valence-electron chi connectivity index (χ2n) is 3.59. The lowest BCUT2D eigenvalue weighted by atomic mass is 10.3. The van der Waals surface area contributed by atoms with Crippen LogP contribution in [0.25, 0.3) is 0 Å². The van der Waals surface area contributed by atoms with Gasteiger partial charge in [0.25, 0.3) is 0 Å². The molecular formula is C8H10N4O3. The SMILES string of the molecule is Cn1cc(NC(=O)C2CC2[N+](=O)[O-])cn1. The van der Waals surface area contributed by atoms with Gasteiger partial charge in [-0.2, -0.15) is 5.10 Å². The summed E-state index contributed by atoms with van der Waals surface area (Å²) in [6, 6.07) is -0.707. The van der Waals surface area contributed by atoms with Gasteiger partial charge in [0, 0.05) is 24.6 Å². The van der Waals surface area contributed by atoms with Crippen LogP contribution in [0.1, 0.15) is 6.42 Å². The molecule has 0 saturated heterocycles. The topological polar surface area (TPSA) is 90.1 Å². The number of amides is 1. The molecule has 1 amide bonds. The molecule has 2 atom stereocenters. The van der Waals surface area contributed by atoms with E-state index in [-0.39, 0.29) is 5.91 Å². The Balaban J connectivity index is 1.92. The van der Waals surface area contributed by atoms with Crippen LogP contribution in [0.15, 0.2) is 12.4 Å². The number of anilines is 1. The molecule has 15 heavy (non-hydrogen) atoms. The third-order valence-electron chi connectivity index (χ3n) is 2.34. The Morgan fingerprint density at radius 1 is 1.80 bits per heavy atom. The lowest BCUT2D eigenvalue weighted by Crippen LogP contribution is -2.18. The van der Waals surface area contributed by atoms with Crippen molar-refractivity contribution in [1.29, 1.82) is 0 Å². The van der Waals surface area contributed by atoms with Crippen molar-refractivity contribution < 1.29 is 9.72 Å². The number of carbonyl (C=O) groups excluding carboxylic acids is 1. The molecule has 1 aliphatic rings. The van der Waals surface area contributed by atoms with Crippen LogP contribution in [-0.2, 0) is 11.8 Å². The fourth-order valence-corrected chi connectivity index (χ4v) is 1.42. The maximum Gasteiger partial charge on any atom is 0.234 e. The van der Waals surface area contributed by atoms with Crippen molar-refractivity contribution in [2.45, 2.75) is 12.5 Å². The summed E-state index contributed by atoms with van der Waals surface area (Å²) in [5.41, 5.74) is 0.566. The summed E-state index contributed by atoms with van der Waals surface area (Å²) in [5, 5.41) is 16.8. The fourth-order valence-electron chi connectivity index (χ4n) is 1.42. The van der Waals surface area contributed by atoms with E-state index in [9.17, 15) is 14.9 Å². The predicted molar refractivity (Wildman–Crippen MR) is 50.7 cm³/mol. The van der Waals surface area contributed by atoms with Crippen LogP contribution in [0.3, 0.4) is 0 Å². The van der Waals surface area contributed by atoms with Crippen LogP contribution in [0.2, 0.25) is 0 Å². The first-order valence-electron chi connectivity index (χ1n) is 4.51. The highest BCUT2D eigenvalue weighted by Crippen LogP contribution is 2.33. The number of nitrogens with zero attached hydrogens (tertiary/aromatic N) is 3. The van der Waals surface area contributed by atoms with Gasteiger partial charge >= 0.3 is 0 Å². The Hall–Kier alpha value is -1.92. The van der Waals surface area contributed by atoms with E-state index in [0.29, 0.717) is 12.1 Å². The van der Waals surface area contributed by atoms with Gasteiger partial charge in [0.1, 0.15) is 5.92 Å². The zero-order valence-corrected chi connectivity index (χ0v) is 8.08. The number of rotatable bonds is 3. The molecule has 80 valence electrons. The smallest absolute Gasteiger partial charge is 0.234 e.